The predicted molar refractivity (Wildman–Crippen MR) is 136 cm³/mol. The summed E-state index contributed by atoms with van der Waals surface area (Å²) in [6, 6.07) is 17.2. The van der Waals surface area contributed by atoms with Gasteiger partial charge in [-0.25, -0.2) is 9.59 Å². The van der Waals surface area contributed by atoms with Crippen LogP contribution >= 0.6 is 11.8 Å². The third-order valence-electron chi connectivity index (χ3n) is 4.98. The summed E-state index contributed by atoms with van der Waals surface area (Å²) in [5, 5.41) is 23.5. The largest absolute Gasteiger partial charge is 0.492 e. The van der Waals surface area contributed by atoms with Gasteiger partial charge in [0.2, 0.25) is 5.91 Å². The van der Waals surface area contributed by atoms with Crippen LogP contribution in [0, 0.1) is 0 Å². The predicted octanol–water partition coefficient (Wildman–Crippen LogP) is 4.85. The molecule has 1 atom stereocenters. The average Bonchev–Trinajstić information content (AvgIpc) is 2.86. The van der Waals surface area contributed by atoms with Crippen molar-refractivity contribution < 1.29 is 34.1 Å². The Balaban J connectivity index is 1.64. The van der Waals surface area contributed by atoms with E-state index in [0.717, 1.165) is 17.0 Å². The van der Waals surface area contributed by atoms with Gasteiger partial charge >= 0.3 is 11.9 Å². The Morgan fingerprint density at radius 3 is 2.22 bits per heavy atom. The number of amides is 2. The number of anilines is 2. The second kappa shape index (κ2) is 11.9. The summed E-state index contributed by atoms with van der Waals surface area (Å²) in [5.74, 6) is -3.00. The molecule has 4 N–H and O–H groups in total. The van der Waals surface area contributed by atoms with E-state index in [9.17, 15) is 24.3 Å². The molecule has 0 fully saturated rings. The van der Waals surface area contributed by atoms with Gasteiger partial charge in [0.25, 0.3) is 5.91 Å². The molecule has 3 aromatic rings. The summed E-state index contributed by atoms with van der Waals surface area (Å²) in [5.41, 5.74) is 0.191. The summed E-state index contributed by atoms with van der Waals surface area (Å²) in [4.78, 5) is 48.7. The number of carbonyl (C=O) groups is 4. The van der Waals surface area contributed by atoms with Crippen molar-refractivity contribution in [3.63, 3.8) is 0 Å². The lowest BCUT2D eigenvalue weighted by Gasteiger charge is -2.15. The molecule has 0 radical (unpaired) electrons. The van der Waals surface area contributed by atoms with Gasteiger partial charge in [-0.15, -0.1) is 11.8 Å². The summed E-state index contributed by atoms with van der Waals surface area (Å²) in [6.07, 6.45) is 0. The van der Waals surface area contributed by atoms with Crippen molar-refractivity contribution in [3.8, 4) is 5.75 Å². The molecule has 0 aliphatic heterocycles. The molecule has 2 amide bonds. The number of aromatic carboxylic acids is 2. The van der Waals surface area contributed by atoms with Crippen LogP contribution in [0.5, 0.6) is 5.75 Å². The third kappa shape index (κ3) is 6.63. The van der Waals surface area contributed by atoms with E-state index in [1.807, 2.05) is 19.1 Å². The zero-order valence-corrected chi connectivity index (χ0v) is 20.3. The number of hydrogen-bond acceptors (Lipinski definition) is 6. The molecule has 0 heterocycles. The summed E-state index contributed by atoms with van der Waals surface area (Å²) in [6.45, 7) is 4.11. The molecule has 3 rings (SSSR count). The molecule has 0 aliphatic rings. The average molecular weight is 509 g/mol. The standard InChI is InChI=1S/C26H24N2O7S/c1-3-35-22-7-5-4-6-21(22)28-23(29)15(2)36-18-11-9-17(10-12-18)27-24(30)19-13-8-16(25(31)32)14-20(19)26(33)34/h4-15H,3H2,1-2H3,(H,27,30)(H,28,29)(H,31,32)(H,33,34). The van der Waals surface area contributed by atoms with Crippen LogP contribution in [-0.4, -0.2) is 45.8 Å². The van der Waals surface area contributed by atoms with Crippen molar-refractivity contribution in [3.05, 3.63) is 83.4 Å². The molecule has 0 bridgehead atoms. The number of ether oxygens (including phenoxy) is 1. The quantitative estimate of drug-likeness (QED) is 0.285. The third-order valence-corrected chi connectivity index (χ3v) is 6.09. The molecule has 10 heteroatoms. The van der Waals surface area contributed by atoms with Crippen molar-refractivity contribution in [2.75, 3.05) is 17.2 Å². The number of para-hydroxylation sites is 2. The van der Waals surface area contributed by atoms with Crippen LogP contribution in [0.25, 0.3) is 0 Å². The lowest BCUT2D eigenvalue weighted by atomic mass is 10.0. The maximum atomic E-state index is 12.7. The van der Waals surface area contributed by atoms with E-state index in [4.69, 9.17) is 9.84 Å². The van der Waals surface area contributed by atoms with Crippen LogP contribution < -0.4 is 15.4 Å². The van der Waals surface area contributed by atoms with Gasteiger partial charge in [0.05, 0.1) is 34.2 Å². The highest BCUT2D eigenvalue weighted by atomic mass is 32.2. The maximum Gasteiger partial charge on any atom is 0.336 e. The smallest absolute Gasteiger partial charge is 0.336 e. The first kappa shape index (κ1) is 26.3. The first-order valence-corrected chi connectivity index (χ1v) is 11.8. The first-order chi connectivity index (χ1) is 17.2. The van der Waals surface area contributed by atoms with Crippen LogP contribution in [0.1, 0.15) is 44.9 Å². The van der Waals surface area contributed by atoms with Gasteiger partial charge < -0.3 is 25.6 Å². The first-order valence-electron chi connectivity index (χ1n) is 10.9. The van der Waals surface area contributed by atoms with Crippen LogP contribution in [0.3, 0.4) is 0 Å². The maximum absolute atomic E-state index is 12.7. The van der Waals surface area contributed by atoms with Gasteiger partial charge in [0.15, 0.2) is 0 Å². The number of thioether (sulfide) groups is 1. The molecule has 0 aliphatic carbocycles. The zero-order chi connectivity index (χ0) is 26.2. The highest BCUT2D eigenvalue weighted by molar-refractivity contribution is 8.00. The molecule has 36 heavy (non-hydrogen) atoms. The summed E-state index contributed by atoms with van der Waals surface area (Å²) >= 11 is 1.33. The fourth-order valence-corrected chi connectivity index (χ4v) is 4.08. The van der Waals surface area contributed by atoms with Crippen LogP contribution in [0.2, 0.25) is 0 Å². The monoisotopic (exact) mass is 508 g/mol. The zero-order valence-electron chi connectivity index (χ0n) is 19.5. The van der Waals surface area contributed by atoms with Crippen molar-refractivity contribution in [2.45, 2.75) is 24.0 Å². The van der Waals surface area contributed by atoms with E-state index in [1.165, 1.54) is 17.8 Å². The second-order valence-corrected chi connectivity index (χ2v) is 8.94. The lowest BCUT2D eigenvalue weighted by Crippen LogP contribution is -2.22. The van der Waals surface area contributed by atoms with E-state index in [2.05, 4.69) is 10.6 Å². The van der Waals surface area contributed by atoms with E-state index in [0.29, 0.717) is 23.7 Å². The van der Waals surface area contributed by atoms with Crippen molar-refractivity contribution in [1.29, 1.82) is 0 Å². The Hall–Kier alpha value is -4.31. The molecule has 0 saturated heterocycles. The summed E-state index contributed by atoms with van der Waals surface area (Å²) < 4.78 is 5.53. The number of carbonyl (C=O) groups excluding carboxylic acids is 2. The summed E-state index contributed by atoms with van der Waals surface area (Å²) in [7, 11) is 0. The topological polar surface area (TPSA) is 142 Å². The fraction of sp³-hybridized carbons (Fsp3) is 0.154. The Kier molecular flexibility index (Phi) is 8.69. The van der Waals surface area contributed by atoms with Gasteiger partial charge in [-0.1, -0.05) is 12.1 Å². The van der Waals surface area contributed by atoms with E-state index in [-0.39, 0.29) is 17.0 Å². The molecular weight excluding hydrogens is 484 g/mol. The highest BCUT2D eigenvalue weighted by Crippen LogP contribution is 2.28. The van der Waals surface area contributed by atoms with E-state index < -0.39 is 28.7 Å². The van der Waals surface area contributed by atoms with Gasteiger partial charge in [0.1, 0.15) is 5.75 Å². The molecular formula is C26H24N2O7S. The Morgan fingerprint density at radius 2 is 1.58 bits per heavy atom. The molecule has 9 nitrogen and oxygen atoms in total. The van der Waals surface area contributed by atoms with Crippen LogP contribution in [-0.2, 0) is 4.79 Å². The number of carboxylic acids is 2. The van der Waals surface area contributed by atoms with Crippen molar-refractivity contribution in [2.24, 2.45) is 0 Å². The van der Waals surface area contributed by atoms with Crippen LogP contribution in [0.4, 0.5) is 11.4 Å². The minimum absolute atomic E-state index is 0.163. The number of carboxylic acid groups (broad SMARTS) is 2. The van der Waals surface area contributed by atoms with Gasteiger partial charge in [-0.2, -0.15) is 0 Å². The second-order valence-electron chi connectivity index (χ2n) is 7.53. The molecule has 0 aromatic heterocycles. The fourth-order valence-electron chi connectivity index (χ4n) is 3.21. The number of rotatable bonds is 10. The number of benzene rings is 3. The normalized spacial score (nSPS) is 11.3. The lowest BCUT2D eigenvalue weighted by molar-refractivity contribution is -0.115. The van der Waals surface area contributed by atoms with Crippen molar-refractivity contribution in [1.82, 2.24) is 0 Å². The number of nitrogens with one attached hydrogen (secondary N) is 2. The molecule has 0 saturated carbocycles. The van der Waals surface area contributed by atoms with Gasteiger partial charge in [-0.05, 0) is 68.4 Å². The minimum Gasteiger partial charge on any atom is -0.492 e. The van der Waals surface area contributed by atoms with E-state index >= 15 is 0 Å². The van der Waals surface area contributed by atoms with Crippen LogP contribution in [0.15, 0.2) is 71.6 Å². The number of hydrogen-bond donors (Lipinski definition) is 4. The Morgan fingerprint density at radius 1 is 0.889 bits per heavy atom. The Bertz CT molecular complexity index is 1290. The Labute approximate surface area is 211 Å². The molecule has 186 valence electrons. The minimum atomic E-state index is -1.41. The van der Waals surface area contributed by atoms with E-state index in [1.54, 1.807) is 43.3 Å². The van der Waals surface area contributed by atoms with Gasteiger partial charge in [-0.3, -0.25) is 9.59 Å². The molecule has 0 spiro atoms. The van der Waals surface area contributed by atoms with Gasteiger partial charge in [0, 0.05) is 10.6 Å². The highest BCUT2D eigenvalue weighted by Gasteiger charge is 2.20. The molecule has 3 aromatic carbocycles. The molecule has 1 unspecified atom stereocenters. The SMILES string of the molecule is CCOc1ccccc1NC(=O)C(C)Sc1ccc(NC(=O)c2ccc(C(=O)O)cc2C(=O)O)cc1. The van der Waals surface area contributed by atoms with Crippen molar-refractivity contribution >= 4 is 46.9 Å².